The van der Waals surface area contributed by atoms with Crippen molar-refractivity contribution in [3.05, 3.63) is 58.1 Å². The van der Waals surface area contributed by atoms with E-state index in [9.17, 15) is 15.2 Å². The number of hydrogen-bond acceptors (Lipinski definition) is 6. The van der Waals surface area contributed by atoms with Gasteiger partial charge in [0.1, 0.15) is 11.6 Å². The van der Waals surface area contributed by atoms with Gasteiger partial charge in [-0.1, -0.05) is 30.3 Å². The Morgan fingerprint density at radius 2 is 1.95 bits per heavy atom. The SMILES string of the molecule is CNc1cc([N+](=O)[O-])cc(NC(CO)c2ccccc2)n1. The van der Waals surface area contributed by atoms with Gasteiger partial charge in [-0.2, -0.15) is 0 Å². The van der Waals surface area contributed by atoms with Crippen molar-refractivity contribution < 1.29 is 10.0 Å². The Labute approximate surface area is 121 Å². The first-order valence-electron chi connectivity index (χ1n) is 6.40. The molecule has 0 aliphatic heterocycles. The van der Waals surface area contributed by atoms with Gasteiger partial charge in [0.15, 0.2) is 0 Å². The van der Waals surface area contributed by atoms with Crippen LogP contribution in [0, 0.1) is 10.1 Å². The summed E-state index contributed by atoms with van der Waals surface area (Å²) in [5, 5.41) is 26.2. The Hall–Kier alpha value is -2.67. The lowest BCUT2D eigenvalue weighted by Gasteiger charge is -2.17. The molecule has 0 saturated carbocycles. The Kier molecular flexibility index (Phi) is 4.68. The van der Waals surface area contributed by atoms with Crippen LogP contribution in [0.15, 0.2) is 42.5 Å². The number of nitrogens with zero attached hydrogens (tertiary/aromatic N) is 2. The number of aromatic nitrogens is 1. The van der Waals surface area contributed by atoms with Gasteiger partial charge in [0.25, 0.3) is 5.69 Å². The zero-order chi connectivity index (χ0) is 15.2. The number of rotatable bonds is 6. The predicted octanol–water partition coefficient (Wildman–Crippen LogP) is 2.18. The molecule has 7 nitrogen and oxygen atoms in total. The third-order valence-electron chi connectivity index (χ3n) is 2.98. The second kappa shape index (κ2) is 6.67. The minimum absolute atomic E-state index is 0.0680. The molecule has 1 unspecified atom stereocenters. The minimum Gasteiger partial charge on any atom is -0.394 e. The summed E-state index contributed by atoms with van der Waals surface area (Å²) in [6.45, 7) is -0.150. The van der Waals surface area contributed by atoms with E-state index < -0.39 is 4.92 Å². The van der Waals surface area contributed by atoms with Crippen molar-refractivity contribution in [2.45, 2.75) is 6.04 Å². The van der Waals surface area contributed by atoms with E-state index in [1.807, 2.05) is 30.3 Å². The van der Waals surface area contributed by atoms with Crippen molar-refractivity contribution in [2.24, 2.45) is 0 Å². The molecule has 0 amide bonds. The predicted molar refractivity (Wildman–Crippen MR) is 80.3 cm³/mol. The van der Waals surface area contributed by atoms with Crippen molar-refractivity contribution >= 4 is 17.3 Å². The van der Waals surface area contributed by atoms with Crippen LogP contribution < -0.4 is 10.6 Å². The van der Waals surface area contributed by atoms with Gasteiger partial charge in [-0.15, -0.1) is 0 Å². The third kappa shape index (κ3) is 3.67. The molecule has 2 rings (SSSR count). The van der Waals surface area contributed by atoms with Crippen LogP contribution in [0.1, 0.15) is 11.6 Å². The van der Waals surface area contributed by atoms with E-state index in [0.29, 0.717) is 11.6 Å². The van der Waals surface area contributed by atoms with Crippen molar-refractivity contribution in [3.8, 4) is 0 Å². The topological polar surface area (TPSA) is 100 Å². The van der Waals surface area contributed by atoms with Gasteiger partial charge in [-0.05, 0) is 5.56 Å². The molecule has 0 spiro atoms. The molecule has 3 N–H and O–H groups in total. The number of nitrogens with one attached hydrogen (secondary N) is 2. The Balaban J connectivity index is 2.29. The van der Waals surface area contributed by atoms with Gasteiger partial charge in [0, 0.05) is 7.05 Å². The zero-order valence-electron chi connectivity index (χ0n) is 11.5. The van der Waals surface area contributed by atoms with Crippen LogP contribution in [-0.2, 0) is 0 Å². The maximum absolute atomic E-state index is 10.9. The lowest BCUT2D eigenvalue weighted by Crippen LogP contribution is -2.16. The molecule has 0 saturated heterocycles. The van der Waals surface area contributed by atoms with E-state index >= 15 is 0 Å². The number of anilines is 2. The summed E-state index contributed by atoms with van der Waals surface area (Å²) in [7, 11) is 1.64. The summed E-state index contributed by atoms with van der Waals surface area (Å²) in [5.41, 5.74) is 0.806. The van der Waals surface area contributed by atoms with Crippen LogP contribution in [0.4, 0.5) is 17.3 Å². The second-order valence-electron chi connectivity index (χ2n) is 4.39. The largest absolute Gasteiger partial charge is 0.394 e. The number of benzene rings is 1. The molecule has 0 aliphatic rings. The first kappa shape index (κ1) is 14.7. The zero-order valence-corrected chi connectivity index (χ0v) is 11.5. The van der Waals surface area contributed by atoms with E-state index in [-0.39, 0.29) is 18.3 Å². The molecule has 7 heteroatoms. The molecule has 1 aromatic carbocycles. The van der Waals surface area contributed by atoms with Crippen LogP contribution >= 0.6 is 0 Å². The highest BCUT2D eigenvalue weighted by atomic mass is 16.6. The molecular weight excluding hydrogens is 272 g/mol. The quantitative estimate of drug-likeness (QED) is 0.556. The van der Waals surface area contributed by atoms with E-state index in [1.54, 1.807) is 7.05 Å². The maximum Gasteiger partial charge on any atom is 0.276 e. The molecule has 1 heterocycles. The third-order valence-corrected chi connectivity index (χ3v) is 2.98. The Morgan fingerprint density at radius 1 is 1.29 bits per heavy atom. The highest BCUT2D eigenvalue weighted by Crippen LogP contribution is 2.24. The van der Waals surface area contributed by atoms with Crippen molar-refractivity contribution in [2.75, 3.05) is 24.3 Å². The fourth-order valence-electron chi connectivity index (χ4n) is 1.92. The molecule has 1 aromatic heterocycles. The lowest BCUT2D eigenvalue weighted by atomic mass is 10.1. The molecule has 0 aliphatic carbocycles. The molecule has 21 heavy (non-hydrogen) atoms. The second-order valence-corrected chi connectivity index (χ2v) is 4.39. The fourth-order valence-corrected chi connectivity index (χ4v) is 1.92. The van der Waals surface area contributed by atoms with Crippen molar-refractivity contribution in [1.29, 1.82) is 0 Å². The number of aliphatic hydroxyl groups is 1. The average Bonchev–Trinajstić information content (AvgIpc) is 2.53. The van der Waals surface area contributed by atoms with E-state index in [4.69, 9.17) is 0 Å². The summed E-state index contributed by atoms with van der Waals surface area (Å²) in [4.78, 5) is 14.6. The average molecular weight is 288 g/mol. The standard InChI is InChI=1S/C14H16N4O3/c1-15-13-7-11(18(20)21)8-14(17-13)16-12(9-19)10-5-3-2-4-6-10/h2-8,12,19H,9H2,1H3,(H2,15,16,17). The van der Waals surface area contributed by atoms with Gasteiger partial charge in [-0.25, -0.2) is 4.98 Å². The van der Waals surface area contributed by atoms with Crippen molar-refractivity contribution in [3.63, 3.8) is 0 Å². The molecule has 0 fully saturated rings. The van der Waals surface area contributed by atoms with Gasteiger partial charge in [0.2, 0.25) is 0 Å². The van der Waals surface area contributed by atoms with Crippen LogP contribution in [0.5, 0.6) is 0 Å². The van der Waals surface area contributed by atoms with E-state index in [2.05, 4.69) is 15.6 Å². The van der Waals surface area contributed by atoms with Crippen LogP contribution in [0.3, 0.4) is 0 Å². The van der Waals surface area contributed by atoms with Gasteiger partial charge in [0.05, 0.1) is 29.7 Å². The lowest BCUT2D eigenvalue weighted by molar-refractivity contribution is -0.384. The minimum atomic E-state index is -0.482. The van der Waals surface area contributed by atoms with Crippen LogP contribution in [-0.4, -0.2) is 28.7 Å². The molecule has 2 aromatic rings. The molecule has 0 radical (unpaired) electrons. The molecular formula is C14H16N4O3. The summed E-state index contributed by atoms with van der Waals surface area (Å²) < 4.78 is 0. The van der Waals surface area contributed by atoms with Gasteiger partial charge in [-0.3, -0.25) is 10.1 Å². The number of pyridine rings is 1. The Morgan fingerprint density at radius 3 is 2.52 bits per heavy atom. The van der Waals surface area contributed by atoms with Crippen LogP contribution in [0.25, 0.3) is 0 Å². The monoisotopic (exact) mass is 288 g/mol. The normalized spacial score (nSPS) is 11.7. The maximum atomic E-state index is 10.9. The number of aliphatic hydroxyl groups excluding tert-OH is 1. The smallest absolute Gasteiger partial charge is 0.276 e. The van der Waals surface area contributed by atoms with E-state index in [0.717, 1.165) is 5.56 Å². The first-order chi connectivity index (χ1) is 10.1. The number of hydrogen-bond donors (Lipinski definition) is 3. The summed E-state index contributed by atoms with van der Waals surface area (Å²) >= 11 is 0. The molecule has 0 bridgehead atoms. The van der Waals surface area contributed by atoms with Crippen LogP contribution in [0.2, 0.25) is 0 Å². The highest BCUT2D eigenvalue weighted by molar-refractivity contribution is 5.55. The van der Waals surface area contributed by atoms with Gasteiger partial charge >= 0.3 is 0 Å². The Bertz CT molecular complexity index is 619. The summed E-state index contributed by atoms with van der Waals surface area (Å²) in [5.74, 6) is 0.716. The molecule has 1 atom stereocenters. The fraction of sp³-hybridized carbons (Fsp3) is 0.214. The van der Waals surface area contributed by atoms with Crippen molar-refractivity contribution in [1.82, 2.24) is 4.98 Å². The number of nitro groups is 1. The van der Waals surface area contributed by atoms with Gasteiger partial charge < -0.3 is 15.7 Å². The highest BCUT2D eigenvalue weighted by Gasteiger charge is 2.15. The summed E-state index contributed by atoms with van der Waals surface area (Å²) in [6.07, 6.45) is 0. The first-order valence-corrected chi connectivity index (χ1v) is 6.40. The molecule has 110 valence electrons. The summed E-state index contributed by atoms with van der Waals surface area (Å²) in [6, 6.07) is 11.6. The van der Waals surface area contributed by atoms with E-state index in [1.165, 1.54) is 12.1 Å².